The van der Waals surface area contributed by atoms with E-state index in [-0.39, 0.29) is 0 Å². The second-order valence-corrected chi connectivity index (χ2v) is 5.90. The molecular formula is C19H14Cl2. The molecule has 3 rings (SSSR count). The van der Waals surface area contributed by atoms with Crippen LogP contribution in [0, 0.1) is 0 Å². The van der Waals surface area contributed by atoms with E-state index in [2.05, 4.69) is 0 Å². The minimum atomic E-state index is -0.743. The predicted molar refractivity (Wildman–Crippen MR) is 90.1 cm³/mol. The highest BCUT2D eigenvalue weighted by molar-refractivity contribution is 6.31. The third-order valence-corrected chi connectivity index (χ3v) is 4.46. The van der Waals surface area contributed by atoms with Crippen LogP contribution in [0.4, 0.5) is 0 Å². The Balaban J connectivity index is 2.25. The van der Waals surface area contributed by atoms with Crippen LogP contribution in [0.1, 0.15) is 16.7 Å². The van der Waals surface area contributed by atoms with Gasteiger partial charge in [-0.15, -0.1) is 11.6 Å². The molecule has 0 saturated carbocycles. The molecule has 0 aliphatic carbocycles. The molecule has 0 aliphatic rings. The van der Waals surface area contributed by atoms with Crippen molar-refractivity contribution in [1.29, 1.82) is 0 Å². The first kappa shape index (κ1) is 14.2. The summed E-state index contributed by atoms with van der Waals surface area (Å²) in [7, 11) is 0. The van der Waals surface area contributed by atoms with Crippen LogP contribution in [0.25, 0.3) is 0 Å². The Labute approximate surface area is 135 Å². The molecule has 0 spiro atoms. The summed E-state index contributed by atoms with van der Waals surface area (Å²) in [4.78, 5) is -0.743. The standard InChI is InChI=1S/C19H14Cl2/c20-18-13-7-12-17(14-18)19(21,15-8-3-1-4-9-15)16-10-5-2-6-11-16/h1-14H. The van der Waals surface area contributed by atoms with Gasteiger partial charge in [0.2, 0.25) is 0 Å². The lowest BCUT2D eigenvalue weighted by Gasteiger charge is -2.29. The van der Waals surface area contributed by atoms with E-state index in [9.17, 15) is 0 Å². The van der Waals surface area contributed by atoms with Gasteiger partial charge < -0.3 is 0 Å². The minimum Gasteiger partial charge on any atom is -0.104 e. The fourth-order valence-corrected chi connectivity index (χ4v) is 3.10. The van der Waals surface area contributed by atoms with Crippen LogP contribution in [0.2, 0.25) is 5.02 Å². The molecule has 0 atom stereocenters. The summed E-state index contributed by atoms with van der Waals surface area (Å²) in [6.07, 6.45) is 0. The first-order valence-corrected chi connectivity index (χ1v) is 7.53. The van der Waals surface area contributed by atoms with Crippen LogP contribution < -0.4 is 0 Å². The SMILES string of the molecule is Clc1cccc(C(Cl)(c2ccccc2)c2ccccc2)c1. The van der Waals surface area contributed by atoms with E-state index in [0.29, 0.717) is 5.02 Å². The maximum atomic E-state index is 7.13. The van der Waals surface area contributed by atoms with Gasteiger partial charge in [-0.2, -0.15) is 0 Å². The summed E-state index contributed by atoms with van der Waals surface area (Å²) in [6, 6.07) is 27.9. The number of rotatable bonds is 3. The molecule has 0 aliphatic heterocycles. The molecule has 21 heavy (non-hydrogen) atoms. The molecule has 0 aromatic heterocycles. The smallest absolute Gasteiger partial charge is 0.104 e. The van der Waals surface area contributed by atoms with Crippen molar-refractivity contribution >= 4 is 23.2 Å². The molecule has 0 nitrogen and oxygen atoms in total. The lowest BCUT2D eigenvalue weighted by molar-refractivity contribution is 0.879. The molecule has 104 valence electrons. The number of alkyl halides is 1. The van der Waals surface area contributed by atoms with Crippen molar-refractivity contribution in [2.75, 3.05) is 0 Å². The Bertz CT molecular complexity index is 681. The zero-order valence-corrected chi connectivity index (χ0v) is 12.9. The second-order valence-electron chi connectivity index (χ2n) is 4.90. The summed E-state index contributed by atoms with van der Waals surface area (Å²) in [6.45, 7) is 0. The van der Waals surface area contributed by atoms with Gasteiger partial charge in [0.25, 0.3) is 0 Å². The summed E-state index contributed by atoms with van der Waals surface area (Å²) in [5, 5.41) is 0.685. The molecule has 3 aromatic carbocycles. The number of hydrogen-bond acceptors (Lipinski definition) is 0. The number of halogens is 2. The van der Waals surface area contributed by atoms with Crippen LogP contribution in [-0.4, -0.2) is 0 Å². The van der Waals surface area contributed by atoms with Crippen molar-refractivity contribution in [2.45, 2.75) is 4.87 Å². The van der Waals surface area contributed by atoms with Gasteiger partial charge in [-0.05, 0) is 28.8 Å². The van der Waals surface area contributed by atoms with Crippen molar-refractivity contribution < 1.29 is 0 Å². The number of benzene rings is 3. The predicted octanol–water partition coefficient (Wildman–Crippen LogP) is 5.87. The van der Waals surface area contributed by atoms with E-state index >= 15 is 0 Å². The van der Waals surface area contributed by atoms with Gasteiger partial charge in [-0.1, -0.05) is 84.4 Å². The van der Waals surface area contributed by atoms with Gasteiger partial charge in [0.05, 0.1) is 0 Å². The number of hydrogen-bond donors (Lipinski definition) is 0. The van der Waals surface area contributed by atoms with Crippen molar-refractivity contribution in [3.05, 3.63) is 107 Å². The molecule has 0 radical (unpaired) electrons. The molecule has 3 aromatic rings. The third kappa shape index (κ3) is 2.70. The Morgan fingerprint density at radius 2 is 1.05 bits per heavy atom. The highest BCUT2D eigenvalue weighted by atomic mass is 35.5. The fraction of sp³-hybridized carbons (Fsp3) is 0.0526. The summed E-state index contributed by atoms with van der Waals surface area (Å²) in [5.74, 6) is 0. The van der Waals surface area contributed by atoms with Gasteiger partial charge in [-0.25, -0.2) is 0 Å². The van der Waals surface area contributed by atoms with Gasteiger partial charge in [0.15, 0.2) is 0 Å². The molecule has 2 heteroatoms. The topological polar surface area (TPSA) is 0 Å². The molecule has 0 unspecified atom stereocenters. The first-order valence-electron chi connectivity index (χ1n) is 6.77. The zero-order chi connectivity index (χ0) is 14.7. The van der Waals surface area contributed by atoms with Crippen LogP contribution in [0.15, 0.2) is 84.9 Å². The van der Waals surface area contributed by atoms with Crippen molar-refractivity contribution in [3.8, 4) is 0 Å². The molecular weight excluding hydrogens is 299 g/mol. The molecule has 0 N–H and O–H groups in total. The normalized spacial score (nSPS) is 11.3. The van der Waals surface area contributed by atoms with Crippen molar-refractivity contribution in [2.24, 2.45) is 0 Å². The molecule has 0 heterocycles. The van der Waals surface area contributed by atoms with E-state index in [1.54, 1.807) is 0 Å². The van der Waals surface area contributed by atoms with Crippen molar-refractivity contribution in [3.63, 3.8) is 0 Å². The molecule has 0 saturated heterocycles. The average Bonchev–Trinajstić information content (AvgIpc) is 2.56. The lowest BCUT2D eigenvalue weighted by atomic mass is 9.84. The summed E-state index contributed by atoms with van der Waals surface area (Å²) in [5.41, 5.74) is 3.02. The van der Waals surface area contributed by atoms with E-state index in [1.807, 2.05) is 84.9 Å². The van der Waals surface area contributed by atoms with Crippen molar-refractivity contribution in [1.82, 2.24) is 0 Å². The quantitative estimate of drug-likeness (QED) is 0.419. The highest BCUT2D eigenvalue weighted by Crippen LogP contribution is 2.43. The Hall–Kier alpha value is -1.76. The Morgan fingerprint density at radius 3 is 1.52 bits per heavy atom. The molecule has 0 fully saturated rings. The highest BCUT2D eigenvalue weighted by Gasteiger charge is 2.33. The monoisotopic (exact) mass is 312 g/mol. The second kappa shape index (κ2) is 5.93. The summed E-state index contributed by atoms with van der Waals surface area (Å²) >= 11 is 13.3. The maximum absolute atomic E-state index is 7.13. The van der Waals surface area contributed by atoms with Gasteiger partial charge in [-0.3, -0.25) is 0 Å². The first-order chi connectivity index (χ1) is 10.2. The van der Waals surface area contributed by atoms with Gasteiger partial charge in [0.1, 0.15) is 4.87 Å². The van der Waals surface area contributed by atoms with E-state index in [0.717, 1.165) is 16.7 Å². The van der Waals surface area contributed by atoms with Crippen LogP contribution in [-0.2, 0) is 4.87 Å². The van der Waals surface area contributed by atoms with E-state index < -0.39 is 4.87 Å². The maximum Gasteiger partial charge on any atom is 0.119 e. The summed E-state index contributed by atoms with van der Waals surface area (Å²) < 4.78 is 0. The van der Waals surface area contributed by atoms with Gasteiger partial charge >= 0.3 is 0 Å². The van der Waals surface area contributed by atoms with Crippen LogP contribution in [0.3, 0.4) is 0 Å². The van der Waals surface area contributed by atoms with Crippen LogP contribution in [0.5, 0.6) is 0 Å². The Kier molecular flexibility index (Phi) is 4.01. The van der Waals surface area contributed by atoms with E-state index in [4.69, 9.17) is 23.2 Å². The fourth-order valence-electron chi connectivity index (χ4n) is 2.54. The van der Waals surface area contributed by atoms with E-state index in [1.165, 1.54) is 0 Å². The third-order valence-electron chi connectivity index (χ3n) is 3.57. The largest absolute Gasteiger partial charge is 0.119 e. The minimum absolute atomic E-state index is 0.685. The Morgan fingerprint density at radius 1 is 0.571 bits per heavy atom. The lowest BCUT2D eigenvalue weighted by Crippen LogP contribution is -2.22. The molecule has 0 bridgehead atoms. The molecule has 0 amide bonds. The zero-order valence-electron chi connectivity index (χ0n) is 11.3. The van der Waals surface area contributed by atoms with Crippen LogP contribution >= 0.6 is 23.2 Å². The van der Waals surface area contributed by atoms with Gasteiger partial charge in [0, 0.05) is 5.02 Å². The average molecular weight is 313 g/mol.